The summed E-state index contributed by atoms with van der Waals surface area (Å²) in [5.41, 5.74) is -0.144. The van der Waals surface area contributed by atoms with Crippen LogP contribution in [-0.4, -0.2) is 32.3 Å². The van der Waals surface area contributed by atoms with E-state index >= 15 is 0 Å². The maximum atomic E-state index is 13.9. The number of benzene rings is 1. The number of hydrogen-bond donors (Lipinski definition) is 1. The summed E-state index contributed by atoms with van der Waals surface area (Å²) in [6.07, 6.45) is 1.51. The number of piperidine rings is 1. The first kappa shape index (κ1) is 14.4. The highest BCUT2D eigenvalue weighted by molar-refractivity contribution is 5.79. The van der Waals surface area contributed by atoms with Gasteiger partial charge in [-0.3, -0.25) is 9.59 Å². The van der Waals surface area contributed by atoms with Crippen LogP contribution in [0.25, 0.3) is 0 Å². The van der Waals surface area contributed by atoms with Gasteiger partial charge in [-0.1, -0.05) is 0 Å². The molecule has 2 rings (SSSR count). The lowest BCUT2D eigenvalue weighted by Gasteiger charge is -2.33. The molecule has 0 unspecified atom stereocenters. The van der Waals surface area contributed by atoms with Gasteiger partial charge in [0.15, 0.2) is 0 Å². The maximum absolute atomic E-state index is 13.9. The van der Waals surface area contributed by atoms with Crippen LogP contribution in [0.4, 0.5) is 14.5 Å². The lowest BCUT2D eigenvalue weighted by molar-refractivity contribution is -0.125. The first-order chi connectivity index (χ1) is 9.56. The van der Waals surface area contributed by atoms with Gasteiger partial charge in [0.1, 0.15) is 23.6 Å². The Kier molecular flexibility index (Phi) is 4.32. The van der Waals surface area contributed by atoms with Crippen LogP contribution in [0.5, 0.6) is 0 Å². The average Bonchev–Trinajstić information content (AvgIpc) is 2.46. The van der Waals surface area contributed by atoms with Crippen molar-refractivity contribution >= 4 is 17.9 Å². The van der Waals surface area contributed by atoms with E-state index in [4.69, 9.17) is 0 Å². The molecule has 1 heterocycles. The monoisotopic (exact) mass is 282 g/mol. The van der Waals surface area contributed by atoms with Crippen molar-refractivity contribution in [1.82, 2.24) is 5.32 Å². The highest BCUT2D eigenvalue weighted by Crippen LogP contribution is 2.29. The third kappa shape index (κ3) is 2.79. The van der Waals surface area contributed by atoms with Crippen LogP contribution >= 0.6 is 0 Å². The third-order valence-corrected chi connectivity index (χ3v) is 3.60. The number of nitrogens with zero attached hydrogens (tertiary/aromatic N) is 1. The zero-order valence-corrected chi connectivity index (χ0v) is 11.2. The summed E-state index contributed by atoms with van der Waals surface area (Å²) in [5, 5.41) is 2.58. The Morgan fingerprint density at radius 1 is 1.30 bits per heavy atom. The van der Waals surface area contributed by atoms with E-state index in [-0.39, 0.29) is 23.1 Å². The number of carbonyl (C=O) groups excluding carboxylic acids is 2. The molecule has 4 nitrogen and oxygen atoms in total. The fourth-order valence-corrected chi connectivity index (χ4v) is 2.52. The number of carbonyl (C=O) groups is 2. The number of rotatable bonds is 3. The molecule has 1 aromatic carbocycles. The van der Waals surface area contributed by atoms with Gasteiger partial charge in [0.2, 0.25) is 5.91 Å². The van der Waals surface area contributed by atoms with Crippen molar-refractivity contribution < 1.29 is 18.4 Å². The quantitative estimate of drug-likeness (QED) is 0.859. The number of anilines is 1. The molecule has 0 saturated carbocycles. The summed E-state index contributed by atoms with van der Waals surface area (Å²) < 4.78 is 27.8. The SMILES string of the molecule is CNC(=O)C1CCN(c2c(F)cc(C=O)cc2F)CC1. The summed E-state index contributed by atoms with van der Waals surface area (Å²) >= 11 is 0. The Labute approximate surface area is 115 Å². The van der Waals surface area contributed by atoms with Crippen molar-refractivity contribution in [2.24, 2.45) is 5.92 Å². The van der Waals surface area contributed by atoms with E-state index in [0.29, 0.717) is 32.2 Å². The number of nitrogens with one attached hydrogen (secondary N) is 1. The molecular formula is C14H16F2N2O2. The fraction of sp³-hybridized carbons (Fsp3) is 0.429. The molecule has 1 fully saturated rings. The molecule has 1 N–H and O–H groups in total. The number of amides is 1. The largest absolute Gasteiger partial charge is 0.367 e. The van der Waals surface area contributed by atoms with Crippen molar-refractivity contribution in [3.8, 4) is 0 Å². The Hall–Kier alpha value is -1.98. The van der Waals surface area contributed by atoms with Gasteiger partial charge in [-0.2, -0.15) is 0 Å². The molecule has 1 aliphatic rings. The van der Waals surface area contributed by atoms with E-state index in [0.717, 1.165) is 12.1 Å². The van der Waals surface area contributed by atoms with Crippen LogP contribution in [-0.2, 0) is 4.79 Å². The summed E-state index contributed by atoms with van der Waals surface area (Å²) in [5.74, 6) is -1.64. The van der Waals surface area contributed by atoms with E-state index in [2.05, 4.69) is 5.32 Å². The molecule has 108 valence electrons. The summed E-state index contributed by atoms with van der Waals surface area (Å²) in [6.45, 7) is 0.818. The highest BCUT2D eigenvalue weighted by Gasteiger charge is 2.27. The van der Waals surface area contributed by atoms with E-state index in [1.807, 2.05) is 0 Å². The van der Waals surface area contributed by atoms with E-state index in [1.165, 1.54) is 0 Å². The van der Waals surface area contributed by atoms with Crippen LogP contribution in [0, 0.1) is 17.6 Å². The van der Waals surface area contributed by atoms with E-state index in [1.54, 1.807) is 11.9 Å². The van der Waals surface area contributed by atoms with Crippen molar-refractivity contribution in [3.63, 3.8) is 0 Å². The number of hydrogen-bond acceptors (Lipinski definition) is 3. The summed E-state index contributed by atoms with van der Waals surface area (Å²) in [7, 11) is 1.58. The van der Waals surface area contributed by atoms with Crippen LogP contribution in [0.2, 0.25) is 0 Å². The van der Waals surface area contributed by atoms with Crippen molar-refractivity contribution in [2.75, 3.05) is 25.0 Å². The lowest BCUT2D eigenvalue weighted by Crippen LogP contribution is -2.40. The van der Waals surface area contributed by atoms with Gasteiger partial charge in [-0.25, -0.2) is 8.78 Å². The second-order valence-electron chi connectivity index (χ2n) is 4.83. The first-order valence-electron chi connectivity index (χ1n) is 6.47. The van der Waals surface area contributed by atoms with Crippen LogP contribution in [0.15, 0.2) is 12.1 Å². The van der Waals surface area contributed by atoms with E-state index in [9.17, 15) is 18.4 Å². The Bertz CT molecular complexity index is 503. The maximum Gasteiger partial charge on any atom is 0.222 e. The smallest absolute Gasteiger partial charge is 0.222 e. The summed E-state index contributed by atoms with van der Waals surface area (Å²) in [4.78, 5) is 23.7. The predicted molar refractivity (Wildman–Crippen MR) is 70.7 cm³/mol. The molecular weight excluding hydrogens is 266 g/mol. The van der Waals surface area contributed by atoms with E-state index < -0.39 is 11.6 Å². The van der Waals surface area contributed by atoms with Gasteiger partial charge in [-0.15, -0.1) is 0 Å². The summed E-state index contributed by atoms with van der Waals surface area (Å²) in [6, 6.07) is 2.05. The van der Waals surface area contributed by atoms with Crippen LogP contribution in [0.3, 0.4) is 0 Å². The zero-order chi connectivity index (χ0) is 14.7. The number of halogens is 2. The minimum absolute atomic E-state index is 0.0241. The second kappa shape index (κ2) is 5.98. The third-order valence-electron chi connectivity index (χ3n) is 3.60. The van der Waals surface area contributed by atoms with Crippen LogP contribution < -0.4 is 10.2 Å². The molecule has 0 radical (unpaired) electrons. The van der Waals surface area contributed by atoms with Gasteiger partial charge in [0, 0.05) is 31.6 Å². The van der Waals surface area contributed by atoms with Gasteiger partial charge < -0.3 is 10.2 Å². The second-order valence-corrected chi connectivity index (χ2v) is 4.83. The lowest BCUT2D eigenvalue weighted by atomic mass is 9.95. The molecule has 1 saturated heterocycles. The predicted octanol–water partition coefficient (Wildman–Crippen LogP) is 1.74. The topological polar surface area (TPSA) is 49.4 Å². The average molecular weight is 282 g/mol. The standard InChI is InChI=1S/C14H16F2N2O2/c1-17-14(20)10-2-4-18(5-3-10)13-11(15)6-9(8-19)7-12(13)16/h6-8,10H,2-5H2,1H3,(H,17,20). The first-order valence-corrected chi connectivity index (χ1v) is 6.47. The molecule has 1 aliphatic heterocycles. The van der Waals surface area contributed by atoms with Crippen molar-refractivity contribution in [1.29, 1.82) is 0 Å². The molecule has 0 atom stereocenters. The zero-order valence-electron chi connectivity index (χ0n) is 11.2. The van der Waals surface area contributed by atoms with Crippen LogP contribution in [0.1, 0.15) is 23.2 Å². The minimum atomic E-state index is -0.745. The molecule has 1 aromatic rings. The highest BCUT2D eigenvalue weighted by atomic mass is 19.1. The molecule has 0 aromatic heterocycles. The Morgan fingerprint density at radius 3 is 2.30 bits per heavy atom. The van der Waals surface area contributed by atoms with Crippen molar-refractivity contribution in [2.45, 2.75) is 12.8 Å². The molecule has 0 bridgehead atoms. The Balaban J connectivity index is 2.15. The van der Waals surface area contributed by atoms with Gasteiger partial charge in [-0.05, 0) is 25.0 Å². The normalized spacial score (nSPS) is 16.1. The van der Waals surface area contributed by atoms with Gasteiger partial charge in [0.05, 0.1) is 0 Å². The molecule has 0 spiro atoms. The molecule has 0 aliphatic carbocycles. The van der Waals surface area contributed by atoms with Gasteiger partial charge in [0.25, 0.3) is 0 Å². The molecule has 20 heavy (non-hydrogen) atoms. The van der Waals surface area contributed by atoms with Gasteiger partial charge >= 0.3 is 0 Å². The number of aldehydes is 1. The minimum Gasteiger partial charge on any atom is -0.367 e. The molecule has 1 amide bonds. The fourth-order valence-electron chi connectivity index (χ4n) is 2.52. The molecule has 6 heteroatoms. The van der Waals surface area contributed by atoms with Crippen molar-refractivity contribution in [3.05, 3.63) is 29.3 Å². The Morgan fingerprint density at radius 2 is 1.85 bits per heavy atom.